The molecule has 0 aromatic heterocycles. The Labute approximate surface area is 129 Å². The van der Waals surface area contributed by atoms with Gasteiger partial charge in [0.1, 0.15) is 5.41 Å². The lowest BCUT2D eigenvalue weighted by molar-refractivity contribution is -0.147. The van der Waals surface area contributed by atoms with Crippen molar-refractivity contribution in [2.45, 2.75) is 20.3 Å². The van der Waals surface area contributed by atoms with Crippen LogP contribution in [0.1, 0.15) is 19.4 Å². The van der Waals surface area contributed by atoms with E-state index in [9.17, 15) is 14.4 Å². The van der Waals surface area contributed by atoms with Crippen LogP contribution in [0, 0.1) is 11.3 Å². The Balaban J connectivity index is 2.34. The normalized spacial score (nSPS) is 17.2. The Morgan fingerprint density at radius 1 is 1.00 bits per heavy atom. The van der Waals surface area contributed by atoms with Gasteiger partial charge in [-0.15, -0.1) is 0 Å². The molecule has 6 heteroatoms. The zero-order valence-corrected chi connectivity index (χ0v) is 13.3. The van der Waals surface area contributed by atoms with Crippen LogP contribution in [0.5, 0.6) is 0 Å². The quantitative estimate of drug-likeness (QED) is 0.822. The number of benzene rings is 1. The standard InChI is InChI=1S/C16H21N3O3/c1-10(2)16(13(20)17-15(22)18-14(16)21)9-11-5-7-12(8-6-11)19(3)4/h5-8,10H,9H2,1-4H3,(H2,17,18,20,21,22). The van der Waals surface area contributed by atoms with Crippen LogP contribution in [0.15, 0.2) is 24.3 Å². The van der Waals surface area contributed by atoms with E-state index in [-0.39, 0.29) is 12.3 Å². The predicted molar refractivity (Wildman–Crippen MR) is 83.4 cm³/mol. The molecule has 22 heavy (non-hydrogen) atoms. The zero-order valence-electron chi connectivity index (χ0n) is 13.3. The van der Waals surface area contributed by atoms with Gasteiger partial charge in [-0.1, -0.05) is 26.0 Å². The fourth-order valence-corrected chi connectivity index (χ4v) is 2.69. The molecule has 118 valence electrons. The van der Waals surface area contributed by atoms with Crippen molar-refractivity contribution in [3.05, 3.63) is 29.8 Å². The van der Waals surface area contributed by atoms with E-state index >= 15 is 0 Å². The molecular formula is C16H21N3O3. The number of hydrogen-bond donors (Lipinski definition) is 2. The molecule has 0 bridgehead atoms. The lowest BCUT2D eigenvalue weighted by atomic mass is 9.70. The fraction of sp³-hybridized carbons (Fsp3) is 0.438. The summed E-state index contributed by atoms with van der Waals surface area (Å²) in [4.78, 5) is 38.0. The first-order valence-corrected chi connectivity index (χ1v) is 7.20. The summed E-state index contributed by atoms with van der Waals surface area (Å²) >= 11 is 0. The van der Waals surface area contributed by atoms with E-state index in [2.05, 4.69) is 10.6 Å². The number of carbonyl (C=O) groups excluding carboxylic acids is 3. The van der Waals surface area contributed by atoms with E-state index in [1.807, 2.05) is 57.1 Å². The van der Waals surface area contributed by atoms with Crippen LogP contribution in [0.4, 0.5) is 10.5 Å². The van der Waals surface area contributed by atoms with Gasteiger partial charge in [0.05, 0.1) is 0 Å². The second kappa shape index (κ2) is 5.79. The molecule has 2 rings (SSSR count). The molecule has 0 spiro atoms. The minimum absolute atomic E-state index is 0.242. The molecule has 1 aromatic carbocycles. The van der Waals surface area contributed by atoms with Gasteiger partial charge in [-0.05, 0) is 30.0 Å². The summed E-state index contributed by atoms with van der Waals surface area (Å²) in [5.41, 5.74) is 0.641. The van der Waals surface area contributed by atoms with Gasteiger partial charge in [-0.3, -0.25) is 20.2 Å². The van der Waals surface area contributed by atoms with Crippen molar-refractivity contribution < 1.29 is 14.4 Å². The first-order valence-electron chi connectivity index (χ1n) is 7.20. The Morgan fingerprint density at radius 3 is 1.91 bits per heavy atom. The number of anilines is 1. The highest BCUT2D eigenvalue weighted by Crippen LogP contribution is 2.34. The molecule has 0 radical (unpaired) electrons. The van der Waals surface area contributed by atoms with Crippen molar-refractivity contribution in [2.24, 2.45) is 11.3 Å². The maximum atomic E-state index is 12.4. The largest absolute Gasteiger partial charge is 0.378 e. The highest BCUT2D eigenvalue weighted by atomic mass is 16.2. The molecular weight excluding hydrogens is 282 g/mol. The third-order valence-electron chi connectivity index (χ3n) is 4.19. The number of hydrogen-bond acceptors (Lipinski definition) is 4. The first-order chi connectivity index (χ1) is 10.3. The molecule has 6 nitrogen and oxygen atoms in total. The zero-order chi connectivity index (χ0) is 16.5. The monoisotopic (exact) mass is 303 g/mol. The molecule has 1 aliphatic rings. The maximum Gasteiger partial charge on any atom is 0.328 e. The van der Waals surface area contributed by atoms with Crippen molar-refractivity contribution in [1.29, 1.82) is 0 Å². The summed E-state index contributed by atoms with van der Waals surface area (Å²) in [7, 11) is 3.89. The Bertz CT molecular complexity index is 586. The molecule has 1 aliphatic heterocycles. The Kier molecular flexibility index (Phi) is 4.21. The number of imide groups is 2. The molecule has 1 saturated heterocycles. The van der Waals surface area contributed by atoms with Crippen LogP contribution in [0.25, 0.3) is 0 Å². The average Bonchev–Trinajstić information content (AvgIpc) is 2.43. The third-order valence-corrected chi connectivity index (χ3v) is 4.19. The van der Waals surface area contributed by atoms with Gasteiger partial charge in [0.2, 0.25) is 11.8 Å². The van der Waals surface area contributed by atoms with Gasteiger partial charge < -0.3 is 4.90 Å². The van der Waals surface area contributed by atoms with Crippen molar-refractivity contribution in [3.63, 3.8) is 0 Å². The van der Waals surface area contributed by atoms with Gasteiger partial charge in [0.25, 0.3) is 0 Å². The van der Waals surface area contributed by atoms with Crippen LogP contribution in [-0.4, -0.2) is 31.9 Å². The van der Waals surface area contributed by atoms with E-state index in [0.717, 1.165) is 11.3 Å². The summed E-state index contributed by atoms with van der Waals surface area (Å²) in [5, 5.41) is 4.43. The van der Waals surface area contributed by atoms with E-state index in [4.69, 9.17) is 0 Å². The van der Waals surface area contributed by atoms with Gasteiger partial charge >= 0.3 is 6.03 Å². The Morgan fingerprint density at radius 2 is 1.50 bits per heavy atom. The number of nitrogens with one attached hydrogen (secondary N) is 2. The van der Waals surface area contributed by atoms with Crippen LogP contribution in [0.2, 0.25) is 0 Å². The minimum Gasteiger partial charge on any atom is -0.378 e. The van der Waals surface area contributed by atoms with Crippen molar-refractivity contribution >= 4 is 23.5 Å². The molecule has 0 aliphatic carbocycles. The average molecular weight is 303 g/mol. The molecule has 0 saturated carbocycles. The maximum absolute atomic E-state index is 12.4. The molecule has 2 N–H and O–H groups in total. The number of urea groups is 1. The number of rotatable bonds is 4. The fourth-order valence-electron chi connectivity index (χ4n) is 2.69. The molecule has 0 atom stereocenters. The number of amides is 4. The predicted octanol–water partition coefficient (Wildman–Crippen LogP) is 1.30. The van der Waals surface area contributed by atoms with Crippen LogP contribution < -0.4 is 15.5 Å². The van der Waals surface area contributed by atoms with Gasteiger partial charge in [-0.25, -0.2) is 4.79 Å². The summed E-state index contributed by atoms with van der Waals surface area (Å²) in [6.45, 7) is 3.62. The molecule has 0 unspecified atom stereocenters. The number of nitrogens with zero attached hydrogens (tertiary/aromatic N) is 1. The van der Waals surface area contributed by atoms with Gasteiger partial charge in [-0.2, -0.15) is 0 Å². The first kappa shape index (κ1) is 16.0. The second-order valence-electron chi connectivity index (χ2n) is 6.10. The third kappa shape index (κ3) is 2.68. The van der Waals surface area contributed by atoms with Crippen molar-refractivity contribution in [3.8, 4) is 0 Å². The van der Waals surface area contributed by atoms with E-state index in [1.165, 1.54) is 0 Å². The van der Waals surface area contributed by atoms with Crippen LogP contribution in [-0.2, 0) is 16.0 Å². The summed E-state index contributed by atoms with van der Waals surface area (Å²) in [6, 6.07) is 6.92. The van der Waals surface area contributed by atoms with E-state index in [1.54, 1.807) is 0 Å². The smallest absolute Gasteiger partial charge is 0.328 e. The molecule has 4 amide bonds. The summed E-state index contributed by atoms with van der Waals surface area (Å²) in [6.07, 6.45) is 0.253. The molecule has 1 fully saturated rings. The highest BCUT2D eigenvalue weighted by molar-refractivity contribution is 6.19. The lowest BCUT2D eigenvalue weighted by Crippen LogP contribution is -2.65. The van der Waals surface area contributed by atoms with Gasteiger partial charge in [0.15, 0.2) is 0 Å². The van der Waals surface area contributed by atoms with Crippen LogP contribution in [0.3, 0.4) is 0 Å². The van der Waals surface area contributed by atoms with Crippen molar-refractivity contribution in [1.82, 2.24) is 10.6 Å². The SMILES string of the molecule is CC(C)C1(Cc2ccc(N(C)C)cc2)C(=O)NC(=O)NC1=O. The highest BCUT2D eigenvalue weighted by Gasteiger charge is 2.52. The lowest BCUT2D eigenvalue weighted by Gasteiger charge is -2.37. The number of barbiturate groups is 1. The van der Waals surface area contributed by atoms with Gasteiger partial charge in [0, 0.05) is 19.8 Å². The van der Waals surface area contributed by atoms with Crippen LogP contribution >= 0.6 is 0 Å². The Hall–Kier alpha value is -2.37. The minimum atomic E-state index is -1.27. The van der Waals surface area contributed by atoms with E-state index < -0.39 is 23.3 Å². The summed E-state index contributed by atoms with van der Waals surface area (Å²) < 4.78 is 0. The molecule has 1 aromatic rings. The summed E-state index contributed by atoms with van der Waals surface area (Å²) in [5.74, 6) is -1.31. The number of carbonyl (C=O) groups is 3. The topological polar surface area (TPSA) is 78.5 Å². The van der Waals surface area contributed by atoms with Crippen molar-refractivity contribution in [2.75, 3.05) is 19.0 Å². The second-order valence-corrected chi connectivity index (χ2v) is 6.10. The molecule has 1 heterocycles. The van der Waals surface area contributed by atoms with E-state index in [0.29, 0.717) is 0 Å².